The Morgan fingerprint density at radius 2 is 2.05 bits per heavy atom. The van der Waals surface area contributed by atoms with Crippen molar-refractivity contribution in [1.29, 1.82) is 0 Å². The molecule has 1 unspecified atom stereocenters. The topological polar surface area (TPSA) is 71.5 Å². The van der Waals surface area contributed by atoms with Crippen LogP contribution in [0.4, 0.5) is 8.89 Å². The van der Waals surface area contributed by atoms with Crippen LogP contribution in [-0.2, 0) is 15.0 Å². The van der Waals surface area contributed by atoms with Gasteiger partial charge in [0.1, 0.15) is 10.3 Å². The van der Waals surface area contributed by atoms with Gasteiger partial charge in [0, 0.05) is 18.4 Å². The molecular weight excluding hydrogens is 317 g/mol. The summed E-state index contributed by atoms with van der Waals surface area (Å²) in [7, 11) is -4.76. The third-order valence-corrected chi connectivity index (χ3v) is 5.35. The molecule has 1 aliphatic heterocycles. The van der Waals surface area contributed by atoms with Crippen LogP contribution in [-0.4, -0.2) is 31.9 Å². The Kier molecular flexibility index (Phi) is 3.96. The first-order chi connectivity index (χ1) is 9.51. The van der Waals surface area contributed by atoms with Crippen molar-refractivity contribution in [2.75, 3.05) is 11.4 Å². The number of halogens is 1. The Hall–Kier alpha value is -1.28. The van der Waals surface area contributed by atoms with E-state index in [4.69, 9.17) is 0 Å². The van der Waals surface area contributed by atoms with Crippen LogP contribution < -0.4 is 4.90 Å². The van der Waals surface area contributed by atoms with Gasteiger partial charge in [-0.2, -0.15) is 8.42 Å². The Labute approximate surface area is 127 Å². The number of hydrogen-bond donors (Lipinski definition) is 0. The summed E-state index contributed by atoms with van der Waals surface area (Å²) in [5, 5.41) is 0.703. The Bertz CT molecular complexity index is 687. The van der Waals surface area contributed by atoms with Crippen LogP contribution in [0.2, 0.25) is 0 Å². The van der Waals surface area contributed by atoms with E-state index in [0.29, 0.717) is 10.6 Å². The molecule has 0 radical (unpaired) electrons. The summed E-state index contributed by atoms with van der Waals surface area (Å²) < 4.78 is 35.0. The van der Waals surface area contributed by atoms with Gasteiger partial charge in [0.2, 0.25) is 5.91 Å². The molecule has 21 heavy (non-hydrogen) atoms. The number of ketones is 1. The summed E-state index contributed by atoms with van der Waals surface area (Å²) in [5.74, 6) is -0.621. The maximum Gasteiger partial charge on any atom is 0.307 e. The fourth-order valence-corrected chi connectivity index (χ4v) is 3.74. The molecule has 0 aliphatic carbocycles. The van der Waals surface area contributed by atoms with Gasteiger partial charge in [0.05, 0.1) is 5.56 Å². The molecule has 0 aromatic carbocycles. The van der Waals surface area contributed by atoms with Crippen LogP contribution in [0.15, 0.2) is 11.4 Å². The van der Waals surface area contributed by atoms with Crippen LogP contribution >= 0.6 is 11.3 Å². The second-order valence-corrected chi connectivity index (χ2v) is 8.54. The molecule has 1 aromatic heterocycles. The molecule has 1 aliphatic rings. The van der Waals surface area contributed by atoms with Crippen LogP contribution in [0, 0.1) is 5.41 Å². The quantitative estimate of drug-likeness (QED) is 0.629. The molecule has 0 saturated carbocycles. The number of Topliss-reactive ketones (excluding diaryl/α,β-unsaturated/α-hetero) is 1. The van der Waals surface area contributed by atoms with Crippen molar-refractivity contribution in [3.05, 3.63) is 17.0 Å². The van der Waals surface area contributed by atoms with Gasteiger partial charge in [0.15, 0.2) is 5.78 Å². The SMILES string of the molecule is CC(C)(C)C(=O)c1ccsc1N1CC(S(=O)(=O)F)CC1=O. The Morgan fingerprint density at radius 1 is 1.43 bits per heavy atom. The molecule has 5 nitrogen and oxygen atoms in total. The van der Waals surface area contributed by atoms with Gasteiger partial charge in [-0.15, -0.1) is 15.2 Å². The maximum atomic E-state index is 13.1. The summed E-state index contributed by atoms with van der Waals surface area (Å²) in [5.41, 5.74) is -0.248. The molecule has 0 spiro atoms. The lowest BCUT2D eigenvalue weighted by molar-refractivity contribution is -0.117. The van der Waals surface area contributed by atoms with E-state index in [1.807, 2.05) is 0 Å². The number of carbonyl (C=O) groups excluding carboxylic acids is 2. The zero-order valence-corrected chi connectivity index (χ0v) is 13.6. The minimum Gasteiger partial charge on any atom is -0.302 e. The number of carbonyl (C=O) groups is 2. The maximum absolute atomic E-state index is 13.1. The van der Waals surface area contributed by atoms with E-state index in [2.05, 4.69) is 0 Å². The molecule has 0 N–H and O–H groups in total. The number of nitrogens with zero attached hydrogens (tertiary/aromatic N) is 1. The van der Waals surface area contributed by atoms with Gasteiger partial charge in [-0.1, -0.05) is 20.8 Å². The largest absolute Gasteiger partial charge is 0.307 e. The second kappa shape index (κ2) is 5.17. The zero-order chi connectivity index (χ0) is 16.0. The molecule has 1 amide bonds. The molecule has 1 atom stereocenters. The molecule has 2 heterocycles. The van der Waals surface area contributed by atoms with Gasteiger partial charge in [-0.3, -0.25) is 9.59 Å². The lowest BCUT2D eigenvalue weighted by atomic mass is 9.87. The van der Waals surface area contributed by atoms with Gasteiger partial charge in [0.25, 0.3) is 0 Å². The first-order valence-corrected chi connectivity index (χ1v) is 8.70. The summed E-state index contributed by atoms with van der Waals surface area (Å²) >= 11 is 1.17. The van der Waals surface area contributed by atoms with E-state index in [1.165, 1.54) is 16.2 Å². The van der Waals surface area contributed by atoms with Crippen LogP contribution in [0.3, 0.4) is 0 Å². The van der Waals surface area contributed by atoms with Crippen LogP contribution in [0.25, 0.3) is 0 Å². The van der Waals surface area contributed by atoms with Crippen molar-refractivity contribution in [3.8, 4) is 0 Å². The summed E-state index contributed by atoms with van der Waals surface area (Å²) in [6.07, 6.45) is -0.389. The van der Waals surface area contributed by atoms with Crippen molar-refractivity contribution < 1.29 is 21.9 Å². The number of hydrogen-bond acceptors (Lipinski definition) is 5. The molecule has 116 valence electrons. The number of amides is 1. The number of anilines is 1. The fourth-order valence-electron chi connectivity index (χ4n) is 2.15. The number of rotatable bonds is 3. The van der Waals surface area contributed by atoms with Crippen molar-refractivity contribution in [2.24, 2.45) is 5.41 Å². The standard InChI is InChI=1S/C13H16FNO4S2/c1-13(2,3)11(17)9-4-5-20-12(9)15-7-8(6-10(15)16)21(14,18)19/h4-5,8H,6-7H2,1-3H3. The second-order valence-electron chi connectivity index (χ2n) is 6.02. The smallest absolute Gasteiger partial charge is 0.302 e. The molecular formula is C13H16FNO4S2. The molecule has 2 rings (SSSR count). The monoisotopic (exact) mass is 333 g/mol. The first kappa shape index (κ1) is 16.1. The predicted octanol–water partition coefficient (Wildman–Crippen LogP) is 2.38. The van der Waals surface area contributed by atoms with Gasteiger partial charge < -0.3 is 4.90 Å². The molecule has 8 heteroatoms. The van der Waals surface area contributed by atoms with E-state index in [0.717, 1.165) is 0 Å². The Morgan fingerprint density at radius 3 is 2.52 bits per heavy atom. The lowest BCUT2D eigenvalue weighted by Gasteiger charge is -2.20. The van der Waals surface area contributed by atoms with Crippen molar-refractivity contribution in [2.45, 2.75) is 32.4 Å². The van der Waals surface area contributed by atoms with E-state index >= 15 is 0 Å². The predicted molar refractivity (Wildman–Crippen MR) is 78.9 cm³/mol. The van der Waals surface area contributed by atoms with Crippen LogP contribution in [0.1, 0.15) is 37.6 Å². The number of thiophene rings is 1. The molecule has 1 aromatic rings. The van der Waals surface area contributed by atoms with Gasteiger partial charge in [-0.25, -0.2) is 0 Å². The lowest BCUT2D eigenvalue weighted by Crippen LogP contribution is -2.29. The Balaban J connectivity index is 2.35. The molecule has 0 bridgehead atoms. The van der Waals surface area contributed by atoms with Crippen molar-refractivity contribution >= 4 is 38.3 Å². The average Bonchev–Trinajstić information content (AvgIpc) is 2.91. The van der Waals surface area contributed by atoms with Crippen molar-refractivity contribution in [1.82, 2.24) is 0 Å². The van der Waals surface area contributed by atoms with Gasteiger partial charge >= 0.3 is 10.2 Å². The third kappa shape index (κ3) is 3.16. The van der Waals surface area contributed by atoms with Crippen LogP contribution in [0.5, 0.6) is 0 Å². The minimum atomic E-state index is -4.76. The minimum absolute atomic E-state index is 0.141. The highest BCUT2D eigenvalue weighted by molar-refractivity contribution is 7.87. The highest BCUT2D eigenvalue weighted by atomic mass is 32.3. The molecule has 1 saturated heterocycles. The molecule has 1 fully saturated rings. The van der Waals surface area contributed by atoms with E-state index in [-0.39, 0.29) is 18.7 Å². The highest BCUT2D eigenvalue weighted by Gasteiger charge is 2.41. The first-order valence-electron chi connectivity index (χ1n) is 6.38. The summed E-state index contributed by atoms with van der Waals surface area (Å²) in [6.45, 7) is 5.04. The normalized spacial score (nSPS) is 20.1. The summed E-state index contributed by atoms with van der Waals surface area (Å²) in [4.78, 5) is 25.5. The summed E-state index contributed by atoms with van der Waals surface area (Å²) in [6, 6.07) is 1.61. The van der Waals surface area contributed by atoms with E-state index < -0.39 is 26.8 Å². The zero-order valence-electron chi connectivity index (χ0n) is 11.9. The average molecular weight is 333 g/mol. The third-order valence-electron chi connectivity index (χ3n) is 3.30. The van der Waals surface area contributed by atoms with Gasteiger partial charge in [-0.05, 0) is 11.4 Å². The highest BCUT2D eigenvalue weighted by Crippen LogP contribution is 2.36. The fraction of sp³-hybridized carbons (Fsp3) is 0.538. The van der Waals surface area contributed by atoms with E-state index in [9.17, 15) is 21.9 Å². The van der Waals surface area contributed by atoms with E-state index in [1.54, 1.807) is 32.2 Å². The van der Waals surface area contributed by atoms with Crippen molar-refractivity contribution in [3.63, 3.8) is 0 Å².